The molecule has 6 heteroatoms. The lowest BCUT2D eigenvalue weighted by molar-refractivity contribution is -0.384. The Labute approximate surface area is 124 Å². The van der Waals surface area contributed by atoms with E-state index in [0.29, 0.717) is 16.6 Å². The van der Waals surface area contributed by atoms with Crippen molar-refractivity contribution in [1.82, 2.24) is 0 Å². The Bertz CT molecular complexity index is 614. The van der Waals surface area contributed by atoms with Gasteiger partial charge in [-0.3, -0.25) is 10.1 Å². The molecule has 0 amide bonds. The second-order valence-electron chi connectivity index (χ2n) is 4.21. The zero-order chi connectivity index (χ0) is 14.5. The van der Waals surface area contributed by atoms with E-state index in [1.54, 1.807) is 12.1 Å². The lowest BCUT2D eigenvalue weighted by atomic mass is 10.1. The molecule has 104 valence electrons. The topological polar surface area (TPSA) is 75.4 Å². The molecule has 0 fully saturated rings. The van der Waals surface area contributed by atoms with Crippen LogP contribution in [0.2, 0.25) is 0 Å². The summed E-state index contributed by atoms with van der Waals surface area (Å²) >= 11 is 3.22. The summed E-state index contributed by atoms with van der Waals surface area (Å²) in [5, 5.41) is 22.9. The van der Waals surface area contributed by atoms with Crippen LogP contribution in [0.3, 0.4) is 0 Å². The average Bonchev–Trinajstić information content (AvgIpc) is 2.43. The van der Waals surface area contributed by atoms with E-state index in [0.717, 1.165) is 11.3 Å². The summed E-state index contributed by atoms with van der Waals surface area (Å²) in [6, 6.07) is 12.3. The summed E-state index contributed by atoms with van der Waals surface area (Å²) in [5.41, 5.74) is 2.23. The number of nitrogens with one attached hydrogen (secondary N) is 1. The molecular weight excluding hydrogens is 324 g/mol. The number of hydrogen-bond donors (Lipinski definition) is 2. The van der Waals surface area contributed by atoms with Crippen LogP contribution in [0, 0.1) is 10.1 Å². The molecule has 0 spiro atoms. The van der Waals surface area contributed by atoms with Gasteiger partial charge in [0.1, 0.15) is 5.69 Å². The summed E-state index contributed by atoms with van der Waals surface area (Å²) in [5.74, 6) is 0. The van der Waals surface area contributed by atoms with Crippen LogP contribution in [-0.2, 0) is 6.42 Å². The van der Waals surface area contributed by atoms with Gasteiger partial charge in [0.25, 0.3) is 5.69 Å². The van der Waals surface area contributed by atoms with Crippen molar-refractivity contribution in [2.75, 3.05) is 11.9 Å². The highest BCUT2D eigenvalue weighted by Gasteiger charge is 2.14. The Balaban J connectivity index is 2.23. The number of benzene rings is 2. The molecule has 0 aliphatic heterocycles. The van der Waals surface area contributed by atoms with E-state index in [1.165, 1.54) is 6.07 Å². The first-order chi connectivity index (χ1) is 9.60. The van der Waals surface area contributed by atoms with E-state index in [2.05, 4.69) is 21.2 Å². The second-order valence-corrected chi connectivity index (χ2v) is 5.13. The molecule has 0 unspecified atom stereocenters. The maximum Gasteiger partial charge on any atom is 0.293 e. The Morgan fingerprint density at radius 2 is 1.90 bits per heavy atom. The second kappa shape index (κ2) is 6.49. The van der Waals surface area contributed by atoms with Crippen molar-refractivity contribution >= 4 is 33.0 Å². The number of anilines is 2. The predicted octanol–water partition coefficient (Wildman–Crippen LogP) is 3.64. The molecular formula is C14H13BrN2O3. The molecule has 0 aliphatic carbocycles. The number of halogens is 1. The number of aliphatic hydroxyl groups excluding tert-OH is 1. The Morgan fingerprint density at radius 3 is 2.50 bits per heavy atom. The molecule has 20 heavy (non-hydrogen) atoms. The van der Waals surface area contributed by atoms with Gasteiger partial charge in [0.15, 0.2) is 0 Å². The highest BCUT2D eigenvalue weighted by Crippen LogP contribution is 2.30. The van der Waals surface area contributed by atoms with Gasteiger partial charge in [0.05, 0.1) is 4.92 Å². The third-order valence-electron chi connectivity index (χ3n) is 2.79. The van der Waals surface area contributed by atoms with Gasteiger partial charge in [0, 0.05) is 22.8 Å². The standard InChI is InChI=1S/C14H13BrN2O3/c15-11-3-6-13(14(9-11)17(19)20)16-12-4-1-10(2-5-12)7-8-18/h1-6,9,16,18H,7-8H2. The largest absolute Gasteiger partial charge is 0.396 e. The van der Waals surface area contributed by atoms with Crippen molar-refractivity contribution in [2.45, 2.75) is 6.42 Å². The minimum absolute atomic E-state index is 0.0128. The lowest BCUT2D eigenvalue weighted by Crippen LogP contribution is -1.97. The maximum absolute atomic E-state index is 11.0. The molecule has 0 atom stereocenters. The minimum Gasteiger partial charge on any atom is -0.396 e. The Hall–Kier alpha value is -1.92. The molecule has 2 aromatic rings. The van der Waals surface area contributed by atoms with Crippen molar-refractivity contribution in [3.05, 3.63) is 62.6 Å². The van der Waals surface area contributed by atoms with Gasteiger partial charge in [-0.1, -0.05) is 28.1 Å². The number of aliphatic hydroxyl groups is 1. The molecule has 0 saturated carbocycles. The van der Waals surface area contributed by atoms with Crippen LogP contribution in [0.5, 0.6) is 0 Å². The maximum atomic E-state index is 11.0. The average molecular weight is 337 g/mol. The van der Waals surface area contributed by atoms with Crippen LogP contribution in [-0.4, -0.2) is 16.6 Å². The number of nitro groups is 1. The molecule has 0 radical (unpaired) electrons. The van der Waals surface area contributed by atoms with Gasteiger partial charge < -0.3 is 10.4 Å². The van der Waals surface area contributed by atoms with Crippen LogP contribution >= 0.6 is 15.9 Å². The third-order valence-corrected chi connectivity index (χ3v) is 3.28. The first-order valence-corrected chi connectivity index (χ1v) is 6.80. The van der Waals surface area contributed by atoms with Crippen LogP contribution in [0.4, 0.5) is 17.1 Å². The van der Waals surface area contributed by atoms with Crippen molar-refractivity contribution in [3.63, 3.8) is 0 Å². The molecule has 0 saturated heterocycles. The number of nitro benzene ring substituents is 1. The van der Waals surface area contributed by atoms with Gasteiger partial charge in [-0.25, -0.2) is 0 Å². The van der Waals surface area contributed by atoms with Crippen molar-refractivity contribution < 1.29 is 10.0 Å². The molecule has 5 nitrogen and oxygen atoms in total. The van der Waals surface area contributed by atoms with Gasteiger partial charge in [-0.05, 0) is 36.2 Å². The van der Waals surface area contributed by atoms with Gasteiger partial charge >= 0.3 is 0 Å². The zero-order valence-electron chi connectivity index (χ0n) is 10.5. The molecule has 2 aromatic carbocycles. The van der Waals surface area contributed by atoms with E-state index < -0.39 is 4.92 Å². The summed E-state index contributed by atoms with van der Waals surface area (Å²) in [6.07, 6.45) is 0.596. The molecule has 0 aromatic heterocycles. The Morgan fingerprint density at radius 1 is 1.20 bits per heavy atom. The third kappa shape index (κ3) is 3.55. The van der Waals surface area contributed by atoms with E-state index in [1.807, 2.05) is 24.3 Å². The predicted molar refractivity (Wildman–Crippen MR) is 81.3 cm³/mol. The van der Waals surface area contributed by atoms with Gasteiger partial charge in [-0.15, -0.1) is 0 Å². The van der Waals surface area contributed by atoms with Crippen molar-refractivity contribution in [1.29, 1.82) is 0 Å². The summed E-state index contributed by atoms with van der Waals surface area (Å²) in [6.45, 7) is 0.102. The van der Waals surface area contributed by atoms with E-state index in [-0.39, 0.29) is 12.3 Å². The molecule has 2 rings (SSSR count). The van der Waals surface area contributed by atoms with Crippen LogP contribution in [0.25, 0.3) is 0 Å². The van der Waals surface area contributed by atoms with Crippen LogP contribution < -0.4 is 5.32 Å². The van der Waals surface area contributed by atoms with E-state index >= 15 is 0 Å². The summed E-state index contributed by atoms with van der Waals surface area (Å²) < 4.78 is 0.660. The molecule has 0 heterocycles. The van der Waals surface area contributed by atoms with Crippen LogP contribution in [0.15, 0.2) is 46.9 Å². The van der Waals surface area contributed by atoms with E-state index in [4.69, 9.17) is 5.11 Å². The monoisotopic (exact) mass is 336 g/mol. The number of rotatable bonds is 5. The summed E-state index contributed by atoms with van der Waals surface area (Å²) in [7, 11) is 0. The normalized spacial score (nSPS) is 10.3. The van der Waals surface area contributed by atoms with Crippen LogP contribution in [0.1, 0.15) is 5.56 Å². The van der Waals surface area contributed by atoms with Gasteiger partial charge in [-0.2, -0.15) is 0 Å². The quantitative estimate of drug-likeness (QED) is 0.645. The lowest BCUT2D eigenvalue weighted by Gasteiger charge is -2.08. The smallest absolute Gasteiger partial charge is 0.293 e. The minimum atomic E-state index is -0.423. The Kier molecular flexibility index (Phi) is 4.70. The first kappa shape index (κ1) is 14.5. The summed E-state index contributed by atoms with van der Waals surface area (Å²) in [4.78, 5) is 10.6. The fraction of sp³-hybridized carbons (Fsp3) is 0.143. The number of hydrogen-bond acceptors (Lipinski definition) is 4. The zero-order valence-corrected chi connectivity index (χ0v) is 12.1. The van der Waals surface area contributed by atoms with E-state index in [9.17, 15) is 10.1 Å². The van der Waals surface area contributed by atoms with Crippen molar-refractivity contribution in [2.24, 2.45) is 0 Å². The molecule has 0 bridgehead atoms. The SMILES string of the molecule is O=[N+]([O-])c1cc(Br)ccc1Nc1ccc(CCO)cc1. The highest BCUT2D eigenvalue weighted by molar-refractivity contribution is 9.10. The molecule has 2 N–H and O–H groups in total. The highest BCUT2D eigenvalue weighted by atomic mass is 79.9. The van der Waals surface area contributed by atoms with Crippen molar-refractivity contribution in [3.8, 4) is 0 Å². The first-order valence-electron chi connectivity index (χ1n) is 6.01. The molecule has 0 aliphatic rings. The fourth-order valence-electron chi connectivity index (χ4n) is 1.80. The number of nitrogens with zero attached hydrogens (tertiary/aromatic N) is 1. The van der Waals surface area contributed by atoms with Gasteiger partial charge in [0.2, 0.25) is 0 Å². The fourth-order valence-corrected chi connectivity index (χ4v) is 2.15.